The first-order valence-electron chi connectivity index (χ1n) is 33.7. The van der Waals surface area contributed by atoms with Gasteiger partial charge in [0.2, 0.25) is 0 Å². The molecule has 6 heteroatoms. The van der Waals surface area contributed by atoms with Crippen molar-refractivity contribution < 1.29 is 28.6 Å². The summed E-state index contributed by atoms with van der Waals surface area (Å²) in [5, 5.41) is 0. The van der Waals surface area contributed by atoms with Crippen molar-refractivity contribution in [2.75, 3.05) is 13.2 Å². The maximum atomic E-state index is 12.9. The van der Waals surface area contributed by atoms with Gasteiger partial charge in [0.15, 0.2) is 6.10 Å². The van der Waals surface area contributed by atoms with Gasteiger partial charge in [-0.1, -0.05) is 289 Å². The second kappa shape index (κ2) is 68.1. The van der Waals surface area contributed by atoms with Crippen LogP contribution in [0, 0.1) is 0 Å². The Morgan fingerprint density at radius 1 is 0.259 bits per heavy atom. The van der Waals surface area contributed by atoms with Crippen molar-refractivity contribution >= 4 is 17.9 Å². The van der Waals surface area contributed by atoms with Gasteiger partial charge in [-0.3, -0.25) is 14.4 Å². The number of hydrogen-bond donors (Lipinski definition) is 0. The first kappa shape index (κ1) is 76.5. The molecule has 0 amide bonds. The lowest BCUT2D eigenvalue weighted by molar-refractivity contribution is -0.167. The summed E-state index contributed by atoms with van der Waals surface area (Å²) in [5.74, 6) is -0.904. The molecule has 0 aliphatic heterocycles. The molecule has 0 aliphatic carbocycles. The van der Waals surface area contributed by atoms with Crippen LogP contribution < -0.4 is 0 Å². The minimum Gasteiger partial charge on any atom is -0.462 e. The SMILES string of the molecule is CC/C=C\C/C=C\C/C=C\C/C=C\C/C=C\CCCCCCCCCCCCCC(=O)OCC(COC(=O)CCCCCCC/C=C\C/C=C\CCC)OC(=O)CCCCCCCCCCCC/C=C\C/C=C\C/C=C\C/C=C\CC. The van der Waals surface area contributed by atoms with Crippen molar-refractivity contribution in [1.82, 2.24) is 0 Å². The van der Waals surface area contributed by atoms with Crippen molar-refractivity contribution in [3.05, 3.63) is 134 Å². The van der Waals surface area contributed by atoms with Crippen LogP contribution in [-0.4, -0.2) is 37.2 Å². The van der Waals surface area contributed by atoms with Crippen molar-refractivity contribution in [2.24, 2.45) is 0 Å². The molecule has 81 heavy (non-hydrogen) atoms. The fraction of sp³-hybridized carbons (Fsp3) is 0.667. The lowest BCUT2D eigenvalue weighted by atomic mass is 10.0. The number of ether oxygens (including phenoxy) is 3. The van der Waals surface area contributed by atoms with Crippen molar-refractivity contribution in [3.8, 4) is 0 Å². The highest BCUT2D eigenvalue weighted by Crippen LogP contribution is 2.16. The number of carbonyl (C=O) groups excluding carboxylic acids is 3. The number of rotatable bonds is 60. The molecule has 0 saturated heterocycles. The third-order valence-corrected chi connectivity index (χ3v) is 14.1. The molecule has 0 N–H and O–H groups in total. The lowest BCUT2D eigenvalue weighted by Crippen LogP contribution is -2.30. The summed E-state index contributed by atoms with van der Waals surface area (Å²) in [6, 6.07) is 0. The molecule has 0 heterocycles. The first-order valence-corrected chi connectivity index (χ1v) is 33.7. The maximum Gasteiger partial charge on any atom is 0.306 e. The van der Waals surface area contributed by atoms with Gasteiger partial charge < -0.3 is 14.2 Å². The minimum atomic E-state index is -0.793. The average molecular weight is 1120 g/mol. The molecule has 0 fully saturated rings. The molecule has 460 valence electrons. The largest absolute Gasteiger partial charge is 0.462 e. The van der Waals surface area contributed by atoms with Crippen molar-refractivity contribution in [2.45, 2.75) is 309 Å². The number of esters is 3. The van der Waals surface area contributed by atoms with E-state index in [1.165, 1.54) is 116 Å². The van der Waals surface area contributed by atoms with E-state index in [0.29, 0.717) is 19.3 Å². The Morgan fingerprint density at radius 2 is 0.481 bits per heavy atom. The molecule has 1 atom stereocenters. The van der Waals surface area contributed by atoms with E-state index in [0.717, 1.165) is 148 Å². The van der Waals surface area contributed by atoms with Crippen LogP contribution in [0.5, 0.6) is 0 Å². The molecule has 0 saturated carbocycles. The predicted molar refractivity (Wildman–Crippen MR) is 353 cm³/mol. The van der Waals surface area contributed by atoms with Gasteiger partial charge in [-0.2, -0.15) is 0 Å². The van der Waals surface area contributed by atoms with E-state index in [1.807, 2.05) is 0 Å². The third kappa shape index (κ3) is 66.2. The minimum absolute atomic E-state index is 0.0882. The zero-order chi connectivity index (χ0) is 58.5. The Bertz CT molecular complexity index is 1720. The summed E-state index contributed by atoms with van der Waals surface area (Å²) >= 11 is 0. The summed E-state index contributed by atoms with van der Waals surface area (Å²) < 4.78 is 16.9. The summed E-state index contributed by atoms with van der Waals surface area (Å²) in [5.41, 5.74) is 0. The molecule has 0 rings (SSSR count). The van der Waals surface area contributed by atoms with Gasteiger partial charge in [-0.25, -0.2) is 0 Å². The van der Waals surface area contributed by atoms with Gasteiger partial charge >= 0.3 is 17.9 Å². The zero-order valence-corrected chi connectivity index (χ0v) is 52.8. The molecule has 0 radical (unpaired) electrons. The van der Waals surface area contributed by atoms with E-state index >= 15 is 0 Å². The van der Waals surface area contributed by atoms with E-state index in [1.54, 1.807) is 0 Å². The fourth-order valence-electron chi connectivity index (χ4n) is 9.15. The molecular formula is C75H124O6. The quantitative estimate of drug-likeness (QED) is 0.0261. The van der Waals surface area contributed by atoms with Crippen molar-refractivity contribution in [3.63, 3.8) is 0 Å². The van der Waals surface area contributed by atoms with Gasteiger partial charge in [0, 0.05) is 19.3 Å². The number of carbonyl (C=O) groups is 3. The molecule has 0 spiro atoms. The normalized spacial score (nSPS) is 13.0. The number of unbranched alkanes of at least 4 members (excludes halogenated alkanes) is 27. The summed E-state index contributed by atoms with van der Waals surface area (Å²) in [4.78, 5) is 38.4. The van der Waals surface area contributed by atoms with E-state index in [9.17, 15) is 14.4 Å². The first-order chi connectivity index (χ1) is 40.0. The fourth-order valence-corrected chi connectivity index (χ4v) is 9.15. The Hall–Kier alpha value is -4.45. The van der Waals surface area contributed by atoms with E-state index in [4.69, 9.17) is 14.2 Å². The lowest BCUT2D eigenvalue weighted by Gasteiger charge is -2.18. The smallest absolute Gasteiger partial charge is 0.306 e. The number of hydrogen-bond acceptors (Lipinski definition) is 6. The number of allylic oxidation sites excluding steroid dienone is 22. The van der Waals surface area contributed by atoms with Crippen LogP contribution in [0.15, 0.2) is 134 Å². The van der Waals surface area contributed by atoms with Crippen LogP contribution in [0.4, 0.5) is 0 Å². The summed E-state index contributed by atoms with van der Waals surface area (Å²) in [6.07, 6.45) is 96.1. The van der Waals surface area contributed by atoms with Gasteiger partial charge in [0.25, 0.3) is 0 Å². The molecular weight excluding hydrogens is 997 g/mol. The van der Waals surface area contributed by atoms with E-state index in [-0.39, 0.29) is 31.1 Å². The topological polar surface area (TPSA) is 78.9 Å². The van der Waals surface area contributed by atoms with Crippen molar-refractivity contribution in [1.29, 1.82) is 0 Å². The Kier molecular flexibility index (Phi) is 64.3. The van der Waals surface area contributed by atoms with Gasteiger partial charge in [-0.05, 0) is 128 Å². The van der Waals surface area contributed by atoms with E-state index in [2.05, 4.69) is 154 Å². The monoisotopic (exact) mass is 1120 g/mol. The zero-order valence-electron chi connectivity index (χ0n) is 52.8. The second-order valence-corrected chi connectivity index (χ2v) is 22.0. The summed E-state index contributed by atoms with van der Waals surface area (Å²) in [7, 11) is 0. The highest BCUT2D eigenvalue weighted by Gasteiger charge is 2.19. The molecule has 0 aromatic rings. The van der Waals surface area contributed by atoms with Gasteiger partial charge in [-0.15, -0.1) is 0 Å². The molecule has 0 aliphatic rings. The maximum absolute atomic E-state index is 12.9. The highest BCUT2D eigenvalue weighted by molar-refractivity contribution is 5.71. The predicted octanol–water partition coefficient (Wildman–Crippen LogP) is 23.3. The Labute approximate surface area is 500 Å². The average Bonchev–Trinajstić information content (AvgIpc) is 3.46. The van der Waals surface area contributed by atoms with Crippen LogP contribution >= 0.6 is 0 Å². The van der Waals surface area contributed by atoms with Crippen LogP contribution in [0.25, 0.3) is 0 Å². The van der Waals surface area contributed by atoms with Crippen LogP contribution in [0.1, 0.15) is 303 Å². The molecule has 0 bridgehead atoms. The Morgan fingerprint density at radius 3 is 0.753 bits per heavy atom. The van der Waals surface area contributed by atoms with Gasteiger partial charge in [0.05, 0.1) is 0 Å². The molecule has 1 unspecified atom stereocenters. The highest BCUT2D eigenvalue weighted by atomic mass is 16.6. The Balaban J connectivity index is 4.33. The molecule has 0 aromatic carbocycles. The molecule has 0 aromatic heterocycles. The van der Waals surface area contributed by atoms with Crippen LogP contribution in [0.3, 0.4) is 0 Å². The van der Waals surface area contributed by atoms with E-state index < -0.39 is 6.10 Å². The molecule has 6 nitrogen and oxygen atoms in total. The van der Waals surface area contributed by atoms with Gasteiger partial charge in [0.1, 0.15) is 13.2 Å². The second-order valence-electron chi connectivity index (χ2n) is 22.0. The van der Waals surface area contributed by atoms with Crippen LogP contribution in [-0.2, 0) is 28.6 Å². The summed E-state index contributed by atoms with van der Waals surface area (Å²) in [6.45, 7) is 6.35. The van der Waals surface area contributed by atoms with Crippen LogP contribution in [0.2, 0.25) is 0 Å². The third-order valence-electron chi connectivity index (χ3n) is 14.1. The standard InChI is InChI=1S/C75H124O6/c1-4-7-10-13-16-19-22-25-27-29-31-33-35-36-37-38-40-41-43-45-47-50-53-56-59-62-65-68-74(77)80-71-72(70-79-73(76)67-64-61-58-55-52-49-24-21-18-15-12-9-6-3)81-75(78)69-66-63-60-57-54-51-48-46-44-42-39-34-32-30-28-26-23-20-17-14-11-8-5-2/h7-8,10-12,15-17,19-21,24-28,31-34,36-37,72H,4-6,9,13-14,18,22-23,29-30,35,38-71H2,1-3H3/b10-7-,11-8-,15-12-,19-16-,20-17-,24-21-,27-25-,28-26-,33-31-,34-32-,37-36-.